The van der Waals surface area contributed by atoms with E-state index in [4.69, 9.17) is 0 Å². The quantitative estimate of drug-likeness (QED) is 0.559. The first-order valence-electron chi connectivity index (χ1n) is 9.57. The monoisotopic (exact) mass is 337 g/mol. The van der Waals surface area contributed by atoms with Crippen LogP contribution in [0, 0.1) is 5.92 Å². The van der Waals surface area contributed by atoms with Crippen LogP contribution in [-0.2, 0) is 17.8 Å². The summed E-state index contributed by atoms with van der Waals surface area (Å²) < 4.78 is 2.18. The standard InChI is InChI=1S/C22H29N2O/c25-22(11-5-8-16-23-14-6-2-7-15-23)24-17-12-21(13-18-24)19-20-9-3-1-4-10-20/h1-4,6-7,9-10,14-15,21H,5,8,11-13,16-19H2/q+1. The van der Waals surface area contributed by atoms with Crippen LogP contribution in [0.3, 0.4) is 0 Å². The van der Waals surface area contributed by atoms with Crippen molar-refractivity contribution in [1.82, 2.24) is 4.90 Å². The van der Waals surface area contributed by atoms with Gasteiger partial charge in [-0.1, -0.05) is 36.4 Å². The van der Waals surface area contributed by atoms with Crippen molar-refractivity contribution >= 4 is 5.91 Å². The van der Waals surface area contributed by atoms with Gasteiger partial charge in [0.15, 0.2) is 12.4 Å². The van der Waals surface area contributed by atoms with Gasteiger partial charge >= 0.3 is 0 Å². The smallest absolute Gasteiger partial charge is 0.222 e. The number of carbonyl (C=O) groups is 1. The molecule has 0 saturated carbocycles. The summed E-state index contributed by atoms with van der Waals surface area (Å²) in [6, 6.07) is 16.8. The fourth-order valence-electron chi connectivity index (χ4n) is 3.65. The summed E-state index contributed by atoms with van der Waals surface area (Å²) in [6.45, 7) is 2.86. The van der Waals surface area contributed by atoms with E-state index in [1.807, 2.05) is 18.2 Å². The fraction of sp³-hybridized carbons (Fsp3) is 0.455. The molecule has 0 radical (unpaired) electrons. The number of hydrogen-bond donors (Lipinski definition) is 0. The van der Waals surface area contributed by atoms with Gasteiger partial charge in [-0.3, -0.25) is 4.79 Å². The first kappa shape index (κ1) is 17.7. The van der Waals surface area contributed by atoms with Crippen molar-refractivity contribution < 1.29 is 9.36 Å². The van der Waals surface area contributed by atoms with Crippen LogP contribution in [0.2, 0.25) is 0 Å². The molecular weight excluding hydrogens is 308 g/mol. The van der Waals surface area contributed by atoms with E-state index in [1.54, 1.807) is 0 Å². The number of carbonyl (C=O) groups excluding carboxylic acids is 1. The number of likely N-dealkylation sites (tertiary alicyclic amines) is 1. The Morgan fingerprint density at radius 3 is 2.36 bits per heavy atom. The number of unbranched alkanes of at least 4 members (excludes halogenated alkanes) is 1. The van der Waals surface area contributed by atoms with Gasteiger partial charge in [-0.2, -0.15) is 0 Å². The van der Waals surface area contributed by atoms with Crippen molar-refractivity contribution in [3.8, 4) is 0 Å². The molecule has 0 unspecified atom stereocenters. The molecule has 0 spiro atoms. The lowest BCUT2D eigenvalue weighted by Crippen LogP contribution is -2.39. The summed E-state index contributed by atoms with van der Waals surface area (Å²) >= 11 is 0. The van der Waals surface area contributed by atoms with Crippen LogP contribution in [0.4, 0.5) is 0 Å². The summed E-state index contributed by atoms with van der Waals surface area (Å²) in [4.78, 5) is 14.5. The third-order valence-corrected chi connectivity index (χ3v) is 5.17. The molecular formula is C22H29N2O+. The molecule has 3 nitrogen and oxygen atoms in total. The minimum atomic E-state index is 0.344. The zero-order chi connectivity index (χ0) is 17.3. The lowest BCUT2D eigenvalue weighted by molar-refractivity contribution is -0.697. The minimum absolute atomic E-state index is 0.344. The molecule has 132 valence electrons. The molecule has 3 rings (SSSR count). The number of aromatic nitrogens is 1. The molecule has 2 aromatic rings. The van der Waals surface area contributed by atoms with Crippen LogP contribution in [-0.4, -0.2) is 23.9 Å². The maximum atomic E-state index is 12.4. The predicted molar refractivity (Wildman–Crippen MR) is 99.9 cm³/mol. The van der Waals surface area contributed by atoms with Crippen molar-refractivity contribution in [2.75, 3.05) is 13.1 Å². The number of pyridine rings is 1. The Hall–Kier alpha value is -2.16. The lowest BCUT2D eigenvalue weighted by atomic mass is 9.90. The fourth-order valence-corrected chi connectivity index (χ4v) is 3.65. The van der Waals surface area contributed by atoms with Gasteiger partial charge in [-0.25, -0.2) is 4.57 Å². The third kappa shape index (κ3) is 5.70. The number of nitrogens with zero attached hydrogens (tertiary/aromatic N) is 2. The molecule has 1 fully saturated rings. The third-order valence-electron chi connectivity index (χ3n) is 5.17. The maximum Gasteiger partial charge on any atom is 0.222 e. The van der Waals surface area contributed by atoms with Gasteiger partial charge in [0, 0.05) is 38.1 Å². The number of aryl methyl sites for hydroxylation is 1. The average molecular weight is 337 g/mol. The zero-order valence-corrected chi connectivity index (χ0v) is 15.0. The van der Waals surface area contributed by atoms with Crippen LogP contribution in [0.25, 0.3) is 0 Å². The number of rotatable bonds is 7. The van der Waals surface area contributed by atoms with Crippen LogP contribution >= 0.6 is 0 Å². The van der Waals surface area contributed by atoms with Gasteiger partial charge in [-0.05, 0) is 37.2 Å². The molecule has 1 aromatic carbocycles. The zero-order valence-electron chi connectivity index (χ0n) is 15.0. The molecule has 1 amide bonds. The number of amides is 1. The van der Waals surface area contributed by atoms with E-state index in [-0.39, 0.29) is 0 Å². The minimum Gasteiger partial charge on any atom is -0.343 e. The summed E-state index contributed by atoms with van der Waals surface area (Å²) in [5.74, 6) is 1.07. The first-order chi connectivity index (χ1) is 12.3. The Balaban J connectivity index is 1.33. The van der Waals surface area contributed by atoms with Gasteiger partial charge in [-0.15, -0.1) is 0 Å². The second kappa shape index (κ2) is 9.36. The van der Waals surface area contributed by atoms with Gasteiger partial charge in [0.2, 0.25) is 5.91 Å². The average Bonchev–Trinajstić information content (AvgIpc) is 2.67. The van der Waals surface area contributed by atoms with Crippen molar-refractivity contribution in [3.63, 3.8) is 0 Å². The highest BCUT2D eigenvalue weighted by atomic mass is 16.2. The molecule has 2 heterocycles. The van der Waals surface area contributed by atoms with Crippen molar-refractivity contribution in [2.45, 2.75) is 45.1 Å². The SMILES string of the molecule is O=C(CCCC[n+]1ccccc1)N1CCC(Cc2ccccc2)CC1. The van der Waals surface area contributed by atoms with Crippen molar-refractivity contribution in [3.05, 3.63) is 66.5 Å². The van der Waals surface area contributed by atoms with E-state index in [2.05, 4.69) is 52.2 Å². The molecule has 1 aliphatic rings. The Morgan fingerprint density at radius 1 is 0.960 bits per heavy atom. The lowest BCUT2D eigenvalue weighted by Gasteiger charge is -2.32. The highest BCUT2D eigenvalue weighted by Gasteiger charge is 2.22. The van der Waals surface area contributed by atoms with E-state index in [1.165, 1.54) is 5.56 Å². The van der Waals surface area contributed by atoms with Crippen molar-refractivity contribution in [1.29, 1.82) is 0 Å². The largest absolute Gasteiger partial charge is 0.343 e. The van der Waals surface area contributed by atoms with Gasteiger partial charge in [0.05, 0.1) is 0 Å². The van der Waals surface area contributed by atoms with Crippen LogP contribution < -0.4 is 4.57 Å². The summed E-state index contributed by atoms with van der Waals surface area (Å²) in [7, 11) is 0. The molecule has 1 aliphatic heterocycles. The van der Waals surface area contributed by atoms with E-state index >= 15 is 0 Å². The summed E-state index contributed by atoms with van der Waals surface area (Å²) in [5.41, 5.74) is 1.42. The maximum absolute atomic E-state index is 12.4. The van der Waals surface area contributed by atoms with E-state index < -0.39 is 0 Å². The Morgan fingerprint density at radius 2 is 1.64 bits per heavy atom. The molecule has 25 heavy (non-hydrogen) atoms. The summed E-state index contributed by atoms with van der Waals surface area (Å²) in [5, 5.41) is 0. The van der Waals surface area contributed by atoms with E-state index in [0.29, 0.717) is 12.3 Å². The molecule has 3 heteroatoms. The number of piperidine rings is 1. The topological polar surface area (TPSA) is 24.2 Å². The van der Waals surface area contributed by atoms with Crippen LogP contribution in [0.15, 0.2) is 60.9 Å². The number of benzene rings is 1. The van der Waals surface area contributed by atoms with Gasteiger partial charge in [0.25, 0.3) is 0 Å². The van der Waals surface area contributed by atoms with Gasteiger partial charge in [0.1, 0.15) is 6.54 Å². The first-order valence-corrected chi connectivity index (χ1v) is 9.57. The highest BCUT2D eigenvalue weighted by molar-refractivity contribution is 5.76. The highest BCUT2D eigenvalue weighted by Crippen LogP contribution is 2.22. The molecule has 1 aromatic heterocycles. The Labute approximate surface area is 151 Å². The van der Waals surface area contributed by atoms with E-state index in [9.17, 15) is 4.79 Å². The van der Waals surface area contributed by atoms with Crippen LogP contribution in [0.1, 0.15) is 37.7 Å². The number of hydrogen-bond acceptors (Lipinski definition) is 1. The van der Waals surface area contributed by atoms with Crippen molar-refractivity contribution in [2.24, 2.45) is 5.92 Å². The molecule has 0 aliphatic carbocycles. The second-order valence-corrected chi connectivity index (χ2v) is 7.08. The normalized spacial score (nSPS) is 15.3. The predicted octanol–water partition coefficient (Wildman–Crippen LogP) is 3.63. The molecule has 0 atom stereocenters. The van der Waals surface area contributed by atoms with Crippen LogP contribution in [0.5, 0.6) is 0 Å². The molecule has 1 saturated heterocycles. The Bertz CT molecular complexity index is 634. The Kier molecular flexibility index (Phi) is 6.61. The van der Waals surface area contributed by atoms with Gasteiger partial charge < -0.3 is 4.90 Å². The molecule has 0 N–H and O–H groups in total. The van der Waals surface area contributed by atoms with E-state index in [0.717, 1.165) is 57.7 Å². The second-order valence-electron chi connectivity index (χ2n) is 7.08. The molecule has 0 bridgehead atoms. The summed E-state index contributed by atoms with van der Waals surface area (Å²) in [6.07, 6.45) is 10.3.